The van der Waals surface area contributed by atoms with Crippen molar-refractivity contribution >= 4 is 5.96 Å². The molecule has 2 aromatic rings. The first-order valence-electron chi connectivity index (χ1n) is 9.27. The quantitative estimate of drug-likeness (QED) is 0.390. The summed E-state index contributed by atoms with van der Waals surface area (Å²) in [6.07, 6.45) is 7.11. The molecule has 1 aromatic heterocycles. The third kappa shape index (κ3) is 7.27. The van der Waals surface area contributed by atoms with Gasteiger partial charge in [-0.1, -0.05) is 30.3 Å². The molecule has 1 heterocycles. The zero-order valence-electron chi connectivity index (χ0n) is 16.1. The smallest absolute Gasteiger partial charge is 0.190 e. The summed E-state index contributed by atoms with van der Waals surface area (Å²) in [5.41, 5.74) is 2.48. The van der Waals surface area contributed by atoms with E-state index in [0.717, 1.165) is 44.9 Å². The largest absolute Gasteiger partial charge is 0.374 e. The number of aryl methyl sites for hydroxylation is 2. The van der Waals surface area contributed by atoms with Crippen LogP contribution in [0.3, 0.4) is 0 Å². The van der Waals surface area contributed by atoms with Crippen molar-refractivity contribution in [2.24, 2.45) is 12.0 Å². The molecular weight excluding hydrogens is 326 g/mol. The van der Waals surface area contributed by atoms with Crippen molar-refractivity contribution in [3.8, 4) is 0 Å². The molecule has 0 saturated heterocycles. The molecule has 0 amide bonds. The molecule has 0 bridgehead atoms. The maximum absolute atomic E-state index is 5.88. The van der Waals surface area contributed by atoms with Crippen molar-refractivity contribution < 1.29 is 4.74 Å². The van der Waals surface area contributed by atoms with E-state index in [1.54, 1.807) is 7.05 Å². The molecule has 142 valence electrons. The Balaban J connectivity index is 1.53. The van der Waals surface area contributed by atoms with Gasteiger partial charge in [0.25, 0.3) is 0 Å². The van der Waals surface area contributed by atoms with Gasteiger partial charge in [-0.25, -0.2) is 0 Å². The molecule has 0 aliphatic carbocycles. The SMILES string of the molecule is CN=C(NCCCOC(C)c1ccccc1)NCCCc1cnn(C)c1. The first kappa shape index (κ1) is 20.0. The second-order valence-corrected chi connectivity index (χ2v) is 6.33. The van der Waals surface area contributed by atoms with E-state index < -0.39 is 0 Å². The van der Waals surface area contributed by atoms with E-state index in [2.05, 4.69) is 46.0 Å². The fraction of sp³-hybridized carbons (Fsp3) is 0.500. The highest BCUT2D eigenvalue weighted by Crippen LogP contribution is 2.15. The number of guanidine groups is 1. The fourth-order valence-electron chi connectivity index (χ4n) is 2.68. The summed E-state index contributed by atoms with van der Waals surface area (Å²) in [5, 5.41) is 10.9. The van der Waals surface area contributed by atoms with E-state index in [-0.39, 0.29) is 6.10 Å². The van der Waals surface area contributed by atoms with Crippen LogP contribution in [0.15, 0.2) is 47.7 Å². The average Bonchev–Trinajstić information content (AvgIpc) is 3.08. The van der Waals surface area contributed by atoms with Crippen molar-refractivity contribution in [3.05, 3.63) is 53.9 Å². The monoisotopic (exact) mass is 357 g/mol. The normalized spacial score (nSPS) is 12.8. The molecule has 6 heteroatoms. The van der Waals surface area contributed by atoms with Crippen LogP contribution in [0.25, 0.3) is 0 Å². The zero-order chi connectivity index (χ0) is 18.6. The van der Waals surface area contributed by atoms with Crippen molar-refractivity contribution in [2.75, 3.05) is 26.7 Å². The molecule has 2 rings (SSSR count). The van der Waals surface area contributed by atoms with E-state index in [4.69, 9.17) is 4.74 Å². The van der Waals surface area contributed by atoms with Crippen LogP contribution in [0.2, 0.25) is 0 Å². The highest BCUT2D eigenvalue weighted by atomic mass is 16.5. The molecule has 1 aromatic carbocycles. The summed E-state index contributed by atoms with van der Waals surface area (Å²) in [7, 11) is 3.74. The third-order valence-electron chi connectivity index (χ3n) is 4.17. The number of aromatic nitrogens is 2. The van der Waals surface area contributed by atoms with Gasteiger partial charge in [-0.05, 0) is 37.3 Å². The van der Waals surface area contributed by atoms with Gasteiger partial charge in [-0.3, -0.25) is 9.67 Å². The van der Waals surface area contributed by atoms with Crippen LogP contribution in [0, 0.1) is 0 Å². The van der Waals surface area contributed by atoms with Gasteiger partial charge in [-0.2, -0.15) is 5.10 Å². The van der Waals surface area contributed by atoms with Gasteiger partial charge >= 0.3 is 0 Å². The molecular formula is C20H31N5O. The third-order valence-corrected chi connectivity index (χ3v) is 4.17. The molecule has 0 saturated carbocycles. The van der Waals surface area contributed by atoms with Crippen molar-refractivity contribution in [3.63, 3.8) is 0 Å². The van der Waals surface area contributed by atoms with E-state index >= 15 is 0 Å². The Hall–Kier alpha value is -2.34. The van der Waals surface area contributed by atoms with E-state index in [1.165, 1.54) is 11.1 Å². The predicted molar refractivity (Wildman–Crippen MR) is 106 cm³/mol. The molecule has 6 nitrogen and oxygen atoms in total. The fourth-order valence-corrected chi connectivity index (χ4v) is 2.68. The second-order valence-electron chi connectivity index (χ2n) is 6.33. The molecule has 26 heavy (non-hydrogen) atoms. The van der Waals surface area contributed by atoms with Crippen molar-refractivity contribution in [1.29, 1.82) is 0 Å². The number of ether oxygens (including phenoxy) is 1. The number of rotatable bonds is 10. The highest BCUT2D eigenvalue weighted by molar-refractivity contribution is 5.79. The van der Waals surface area contributed by atoms with Crippen LogP contribution >= 0.6 is 0 Å². The Labute approximate surface area is 156 Å². The van der Waals surface area contributed by atoms with Crippen molar-refractivity contribution in [1.82, 2.24) is 20.4 Å². The summed E-state index contributed by atoms with van der Waals surface area (Å²) in [6.45, 7) is 4.53. The summed E-state index contributed by atoms with van der Waals surface area (Å²) in [4.78, 5) is 4.25. The second kappa shape index (κ2) is 11.3. The summed E-state index contributed by atoms with van der Waals surface area (Å²) < 4.78 is 7.72. The highest BCUT2D eigenvalue weighted by Gasteiger charge is 2.04. The Morgan fingerprint density at radius 2 is 1.92 bits per heavy atom. The molecule has 1 unspecified atom stereocenters. The minimum Gasteiger partial charge on any atom is -0.374 e. The maximum atomic E-state index is 5.88. The van der Waals surface area contributed by atoms with Crippen LogP contribution in [-0.4, -0.2) is 42.5 Å². The molecule has 0 aliphatic heterocycles. The minimum atomic E-state index is 0.126. The first-order valence-corrected chi connectivity index (χ1v) is 9.27. The van der Waals surface area contributed by atoms with Gasteiger partial charge in [0.2, 0.25) is 0 Å². The number of benzene rings is 1. The van der Waals surface area contributed by atoms with E-state index in [0.29, 0.717) is 0 Å². The van der Waals surface area contributed by atoms with Gasteiger partial charge in [0.15, 0.2) is 5.96 Å². The molecule has 1 atom stereocenters. The number of nitrogens with zero attached hydrogens (tertiary/aromatic N) is 3. The Morgan fingerprint density at radius 1 is 1.19 bits per heavy atom. The number of aliphatic imine (C=N–C) groups is 1. The van der Waals surface area contributed by atoms with Crippen LogP contribution in [0.5, 0.6) is 0 Å². The number of nitrogens with one attached hydrogen (secondary N) is 2. The van der Waals surface area contributed by atoms with Crippen molar-refractivity contribution in [2.45, 2.75) is 32.3 Å². The summed E-state index contributed by atoms with van der Waals surface area (Å²) >= 11 is 0. The van der Waals surface area contributed by atoms with Gasteiger partial charge in [-0.15, -0.1) is 0 Å². The lowest BCUT2D eigenvalue weighted by Crippen LogP contribution is -2.38. The lowest BCUT2D eigenvalue weighted by Gasteiger charge is -2.14. The number of hydrogen-bond donors (Lipinski definition) is 2. The summed E-state index contributed by atoms with van der Waals surface area (Å²) in [6, 6.07) is 10.3. The molecule has 2 N–H and O–H groups in total. The van der Waals surface area contributed by atoms with Gasteiger partial charge < -0.3 is 15.4 Å². The minimum absolute atomic E-state index is 0.126. The standard InChI is InChI=1S/C20H31N5O/c1-17(19-10-5-4-6-11-19)26-14-8-13-23-20(21-2)22-12-7-9-18-15-24-25(3)16-18/h4-6,10-11,15-17H,7-9,12-14H2,1-3H3,(H2,21,22,23). The van der Waals surface area contributed by atoms with Crippen LogP contribution in [0.1, 0.15) is 37.0 Å². The molecule has 0 aliphatic rings. The Kier molecular flexibility index (Phi) is 8.69. The first-order chi connectivity index (χ1) is 12.7. The zero-order valence-corrected chi connectivity index (χ0v) is 16.1. The predicted octanol–water partition coefficient (Wildman–Crippen LogP) is 2.69. The average molecular weight is 358 g/mol. The number of hydrogen-bond acceptors (Lipinski definition) is 3. The van der Waals surface area contributed by atoms with E-state index in [1.807, 2.05) is 36.1 Å². The summed E-state index contributed by atoms with van der Waals surface area (Å²) in [5.74, 6) is 0.840. The van der Waals surface area contributed by atoms with Gasteiger partial charge in [0, 0.05) is 40.0 Å². The van der Waals surface area contributed by atoms with Crippen LogP contribution in [0.4, 0.5) is 0 Å². The Morgan fingerprint density at radius 3 is 2.58 bits per heavy atom. The molecule has 0 fully saturated rings. The maximum Gasteiger partial charge on any atom is 0.190 e. The van der Waals surface area contributed by atoms with Gasteiger partial charge in [0.1, 0.15) is 0 Å². The molecule has 0 radical (unpaired) electrons. The lowest BCUT2D eigenvalue weighted by atomic mass is 10.1. The van der Waals surface area contributed by atoms with E-state index in [9.17, 15) is 0 Å². The lowest BCUT2D eigenvalue weighted by molar-refractivity contribution is 0.0646. The van der Waals surface area contributed by atoms with Gasteiger partial charge in [0.05, 0.1) is 12.3 Å². The van der Waals surface area contributed by atoms with Crippen LogP contribution < -0.4 is 10.6 Å². The topological polar surface area (TPSA) is 63.5 Å². The van der Waals surface area contributed by atoms with Crippen LogP contribution in [-0.2, 0) is 18.2 Å². The molecule has 0 spiro atoms. The Bertz CT molecular complexity index is 653.